The number of hydrogen-bond acceptors (Lipinski definition) is 3. The molecule has 0 amide bonds. The number of aryl methyl sites for hydroxylation is 1. The Kier molecular flexibility index (Phi) is 4.48. The van der Waals surface area contributed by atoms with Gasteiger partial charge in [-0.15, -0.1) is 0 Å². The first-order chi connectivity index (χ1) is 9.00. The first-order valence-corrected chi connectivity index (χ1v) is 7.31. The SMILES string of the molecule is Cc1cccc(N2CCN(C(C)C(C)N)CC2)c1C. The van der Waals surface area contributed by atoms with Crippen LogP contribution in [0.3, 0.4) is 0 Å². The highest BCUT2D eigenvalue weighted by Gasteiger charge is 2.23. The molecule has 0 aromatic heterocycles. The molecule has 0 bridgehead atoms. The van der Waals surface area contributed by atoms with Crippen molar-refractivity contribution in [3.63, 3.8) is 0 Å². The molecule has 2 rings (SSSR count). The Morgan fingerprint density at radius 1 is 1.05 bits per heavy atom. The fourth-order valence-corrected chi connectivity index (χ4v) is 2.78. The molecule has 2 atom stereocenters. The van der Waals surface area contributed by atoms with Crippen molar-refractivity contribution in [3.8, 4) is 0 Å². The van der Waals surface area contributed by atoms with E-state index in [4.69, 9.17) is 5.73 Å². The average molecular weight is 261 g/mol. The summed E-state index contributed by atoms with van der Waals surface area (Å²) in [4.78, 5) is 5.01. The topological polar surface area (TPSA) is 32.5 Å². The minimum atomic E-state index is 0.243. The van der Waals surface area contributed by atoms with Gasteiger partial charge < -0.3 is 10.6 Å². The van der Waals surface area contributed by atoms with Crippen molar-refractivity contribution in [3.05, 3.63) is 29.3 Å². The number of anilines is 1. The lowest BCUT2D eigenvalue weighted by molar-refractivity contribution is 0.178. The number of nitrogens with two attached hydrogens (primary N) is 1. The highest BCUT2D eigenvalue weighted by molar-refractivity contribution is 5.56. The van der Waals surface area contributed by atoms with Crippen LogP contribution in [0.1, 0.15) is 25.0 Å². The molecule has 1 saturated heterocycles. The lowest BCUT2D eigenvalue weighted by Gasteiger charge is -2.40. The number of benzene rings is 1. The monoisotopic (exact) mass is 261 g/mol. The fourth-order valence-electron chi connectivity index (χ4n) is 2.78. The normalized spacial score (nSPS) is 20.4. The minimum Gasteiger partial charge on any atom is -0.369 e. The molecule has 1 aromatic carbocycles. The third-order valence-corrected chi connectivity index (χ3v) is 4.57. The van der Waals surface area contributed by atoms with Crippen molar-refractivity contribution < 1.29 is 0 Å². The lowest BCUT2D eigenvalue weighted by Crippen LogP contribution is -2.54. The van der Waals surface area contributed by atoms with Crippen molar-refractivity contribution in [2.24, 2.45) is 5.73 Å². The molecule has 0 aliphatic carbocycles. The molecule has 2 N–H and O–H groups in total. The Bertz CT molecular complexity index is 420. The predicted octanol–water partition coefficient (Wildman–Crippen LogP) is 2.16. The van der Waals surface area contributed by atoms with Gasteiger partial charge in [-0.3, -0.25) is 4.90 Å². The minimum absolute atomic E-state index is 0.243. The second-order valence-electron chi connectivity index (χ2n) is 5.84. The molecule has 3 heteroatoms. The molecule has 1 aliphatic heterocycles. The molecule has 106 valence electrons. The highest BCUT2D eigenvalue weighted by atomic mass is 15.3. The first kappa shape index (κ1) is 14.4. The average Bonchev–Trinajstić information content (AvgIpc) is 2.41. The maximum Gasteiger partial charge on any atom is 0.0399 e. The Morgan fingerprint density at radius 3 is 2.26 bits per heavy atom. The Morgan fingerprint density at radius 2 is 1.68 bits per heavy atom. The zero-order valence-corrected chi connectivity index (χ0v) is 12.7. The zero-order valence-electron chi connectivity index (χ0n) is 12.7. The third-order valence-electron chi connectivity index (χ3n) is 4.57. The van der Waals surface area contributed by atoms with Gasteiger partial charge in [-0.25, -0.2) is 0 Å². The fraction of sp³-hybridized carbons (Fsp3) is 0.625. The van der Waals surface area contributed by atoms with Gasteiger partial charge in [0.25, 0.3) is 0 Å². The van der Waals surface area contributed by atoms with Gasteiger partial charge in [-0.1, -0.05) is 12.1 Å². The van der Waals surface area contributed by atoms with E-state index in [0.29, 0.717) is 6.04 Å². The Balaban J connectivity index is 2.02. The summed E-state index contributed by atoms with van der Waals surface area (Å²) in [6, 6.07) is 7.31. The summed E-state index contributed by atoms with van der Waals surface area (Å²) in [7, 11) is 0. The van der Waals surface area contributed by atoms with E-state index in [1.165, 1.54) is 16.8 Å². The highest BCUT2D eigenvalue weighted by Crippen LogP contribution is 2.24. The van der Waals surface area contributed by atoms with E-state index in [2.05, 4.69) is 55.7 Å². The second kappa shape index (κ2) is 5.93. The van der Waals surface area contributed by atoms with Crippen LogP contribution >= 0.6 is 0 Å². The van der Waals surface area contributed by atoms with Gasteiger partial charge in [0.2, 0.25) is 0 Å². The van der Waals surface area contributed by atoms with Gasteiger partial charge >= 0.3 is 0 Å². The summed E-state index contributed by atoms with van der Waals surface area (Å²) >= 11 is 0. The Hall–Kier alpha value is -1.06. The predicted molar refractivity (Wildman–Crippen MR) is 82.8 cm³/mol. The first-order valence-electron chi connectivity index (χ1n) is 7.31. The molecule has 3 nitrogen and oxygen atoms in total. The van der Waals surface area contributed by atoms with Crippen molar-refractivity contribution in [1.82, 2.24) is 4.90 Å². The smallest absolute Gasteiger partial charge is 0.0399 e. The summed E-state index contributed by atoms with van der Waals surface area (Å²) in [5.74, 6) is 0. The standard InChI is InChI=1S/C16H27N3/c1-12-6-5-7-16(13(12)2)19-10-8-18(9-11-19)15(4)14(3)17/h5-7,14-15H,8-11,17H2,1-4H3. The van der Waals surface area contributed by atoms with Gasteiger partial charge in [0.15, 0.2) is 0 Å². The summed E-state index contributed by atoms with van der Waals surface area (Å²) < 4.78 is 0. The number of nitrogens with zero attached hydrogens (tertiary/aromatic N) is 2. The maximum absolute atomic E-state index is 6.00. The van der Waals surface area contributed by atoms with E-state index >= 15 is 0 Å². The molecule has 1 heterocycles. The van der Waals surface area contributed by atoms with Gasteiger partial charge in [0, 0.05) is 44.0 Å². The third kappa shape index (κ3) is 3.10. The van der Waals surface area contributed by atoms with Crippen LogP contribution in [-0.2, 0) is 0 Å². The van der Waals surface area contributed by atoms with Gasteiger partial charge in [0.1, 0.15) is 0 Å². The van der Waals surface area contributed by atoms with Gasteiger partial charge in [0.05, 0.1) is 0 Å². The largest absolute Gasteiger partial charge is 0.369 e. The molecule has 1 aromatic rings. The van der Waals surface area contributed by atoms with Gasteiger partial charge in [-0.2, -0.15) is 0 Å². The molecule has 0 spiro atoms. The van der Waals surface area contributed by atoms with E-state index in [-0.39, 0.29) is 6.04 Å². The van der Waals surface area contributed by atoms with Crippen LogP contribution in [0.25, 0.3) is 0 Å². The molecule has 19 heavy (non-hydrogen) atoms. The summed E-state index contributed by atoms with van der Waals surface area (Å²) in [5.41, 5.74) is 10.2. The van der Waals surface area contributed by atoms with Gasteiger partial charge in [-0.05, 0) is 44.9 Å². The number of hydrogen-bond donors (Lipinski definition) is 1. The second-order valence-corrected chi connectivity index (χ2v) is 5.84. The molecular formula is C16H27N3. The van der Waals surface area contributed by atoms with Crippen molar-refractivity contribution in [2.75, 3.05) is 31.1 Å². The number of rotatable bonds is 3. The molecule has 2 unspecified atom stereocenters. The van der Waals surface area contributed by atoms with E-state index in [1.54, 1.807) is 0 Å². The summed E-state index contributed by atoms with van der Waals surface area (Å²) in [6.45, 7) is 13.2. The van der Waals surface area contributed by atoms with Crippen LogP contribution < -0.4 is 10.6 Å². The molecule has 1 fully saturated rings. The summed E-state index contributed by atoms with van der Waals surface area (Å²) in [5, 5.41) is 0. The van der Waals surface area contributed by atoms with Crippen molar-refractivity contribution in [2.45, 2.75) is 39.8 Å². The van der Waals surface area contributed by atoms with Crippen LogP contribution in [0.15, 0.2) is 18.2 Å². The maximum atomic E-state index is 6.00. The van der Waals surface area contributed by atoms with Crippen LogP contribution in [0, 0.1) is 13.8 Å². The van der Waals surface area contributed by atoms with E-state index < -0.39 is 0 Å². The zero-order chi connectivity index (χ0) is 14.0. The van der Waals surface area contributed by atoms with E-state index in [0.717, 1.165) is 26.2 Å². The van der Waals surface area contributed by atoms with E-state index in [1.807, 2.05) is 0 Å². The number of piperazine rings is 1. The van der Waals surface area contributed by atoms with E-state index in [9.17, 15) is 0 Å². The van der Waals surface area contributed by atoms with Crippen LogP contribution in [-0.4, -0.2) is 43.2 Å². The van der Waals surface area contributed by atoms with Crippen LogP contribution in [0.5, 0.6) is 0 Å². The van der Waals surface area contributed by atoms with Crippen molar-refractivity contribution in [1.29, 1.82) is 0 Å². The molecule has 1 aliphatic rings. The van der Waals surface area contributed by atoms with Crippen LogP contribution in [0.2, 0.25) is 0 Å². The molecule has 0 radical (unpaired) electrons. The van der Waals surface area contributed by atoms with Crippen molar-refractivity contribution >= 4 is 5.69 Å². The molecule has 0 saturated carbocycles. The quantitative estimate of drug-likeness (QED) is 0.905. The lowest BCUT2D eigenvalue weighted by atomic mass is 10.1. The van der Waals surface area contributed by atoms with Crippen LogP contribution in [0.4, 0.5) is 5.69 Å². The summed E-state index contributed by atoms with van der Waals surface area (Å²) in [6.07, 6.45) is 0. The molecular weight excluding hydrogens is 234 g/mol. The Labute approximate surface area is 117 Å².